The van der Waals surface area contributed by atoms with E-state index in [1.165, 1.54) is 6.08 Å². The molecule has 0 heterocycles. The van der Waals surface area contributed by atoms with E-state index in [1.54, 1.807) is 12.2 Å². The number of hydrogen-bond donors (Lipinski definition) is 0. The smallest absolute Gasteiger partial charge is 0.247 e. The molecule has 0 aliphatic rings. The minimum atomic E-state index is -0.0237. The first-order chi connectivity index (χ1) is 4.76. The molecule has 0 spiro atoms. The highest BCUT2D eigenvalue weighted by molar-refractivity contribution is 6.35. The lowest BCUT2D eigenvalue weighted by molar-refractivity contribution is -0.121. The molecule has 1 amide bonds. The summed E-state index contributed by atoms with van der Waals surface area (Å²) in [6.07, 6.45) is 2.31. The van der Waals surface area contributed by atoms with Crippen LogP contribution in [0, 0.1) is 0 Å². The van der Waals surface area contributed by atoms with Crippen LogP contribution in [-0.2, 0) is 4.79 Å². The van der Waals surface area contributed by atoms with E-state index in [1.807, 2.05) is 13.7 Å². The van der Waals surface area contributed by atoms with E-state index in [4.69, 9.17) is 0 Å². The first-order valence-electron chi connectivity index (χ1n) is 3.48. The number of hydrogen-bond acceptors (Lipinski definition) is 1. The lowest BCUT2D eigenvalue weighted by Crippen LogP contribution is -2.31. The van der Waals surface area contributed by atoms with Crippen molar-refractivity contribution in [3.63, 3.8) is 0 Å². The van der Waals surface area contributed by atoms with Gasteiger partial charge in [-0.3, -0.25) is 4.79 Å². The van der Waals surface area contributed by atoms with Crippen molar-refractivity contribution in [3.8, 4) is 0 Å². The number of amides is 1. The van der Waals surface area contributed by atoms with Crippen LogP contribution in [0.3, 0.4) is 0 Å². The van der Waals surface area contributed by atoms with Crippen molar-refractivity contribution in [1.29, 1.82) is 0 Å². The van der Waals surface area contributed by atoms with Crippen LogP contribution in [0.15, 0.2) is 12.7 Å². The summed E-state index contributed by atoms with van der Waals surface area (Å²) in [5.74, 6) is -0.0237. The Balaban J connectivity index is 3.79. The standard InChI is InChI=1S/C7H13BNO/c1-4-6-9(8-3)7(10)5-2/h5H,2,4,6H2,1,3H3. The summed E-state index contributed by atoms with van der Waals surface area (Å²) < 4.78 is 0. The molecule has 0 fully saturated rings. The van der Waals surface area contributed by atoms with Crippen LogP contribution in [0.5, 0.6) is 0 Å². The Morgan fingerprint density at radius 3 is 2.70 bits per heavy atom. The monoisotopic (exact) mass is 138 g/mol. The maximum atomic E-state index is 10.9. The van der Waals surface area contributed by atoms with Crippen molar-refractivity contribution in [2.24, 2.45) is 0 Å². The van der Waals surface area contributed by atoms with Gasteiger partial charge in [0.1, 0.15) is 0 Å². The molecule has 0 rings (SSSR count). The van der Waals surface area contributed by atoms with Crippen LogP contribution < -0.4 is 0 Å². The van der Waals surface area contributed by atoms with Gasteiger partial charge < -0.3 is 4.81 Å². The van der Waals surface area contributed by atoms with Crippen molar-refractivity contribution in [2.75, 3.05) is 6.54 Å². The van der Waals surface area contributed by atoms with Gasteiger partial charge in [0.25, 0.3) is 0 Å². The molecule has 0 aliphatic carbocycles. The number of rotatable bonds is 4. The molecule has 0 bridgehead atoms. The molecule has 0 unspecified atom stereocenters. The van der Waals surface area contributed by atoms with Crippen molar-refractivity contribution < 1.29 is 4.79 Å². The predicted octanol–water partition coefficient (Wildman–Crippen LogP) is 1.08. The van der Waals surface area contributed by atoms with Gasteiger partial charge in [-0.05, 0) is 12.5 Å². The maximum Gasteiger partial charge on any atom is 0.247 e. The molecule has 0 aromatic rings. The SMILES string of the molecule is C=CC(=O)N([B]C)CCC. The zero-order valence-electron chi connectivity index (χ0n) is 6.63. The van der Waals surface area contributed by atoms with Crippen LogP contribution >= 0.6 is 0 Å². The predicted molar refractivity (Wildman–Crippen MR) is 43.8 cm³/mol. The highest BCUT2D eigenvalue weighted by atomic mass is 16.2. The quantitative estimate of drug-likeness (QED) is 0.420. The Hall–Kier alpha value is -0.725. The summed E-state index contributed by atoms with van der Waals surface area (Å²) >= 11 is 0. The molecular formula is C7H13BNO. The molecule has 2 nitrogen and oxygen atoms in total. The number of nitrogens with zero attached hydrogens (tertiary/aromatic N) is 1. The minimum absolute atomic E-state index is 0.0237. The Morgan fingerprint density at radius 1 is 1.80 bits per heavy atom. The summed E-state index contributed by atoms with van der Waals surface area (Å²) in [7, 11) is 1.77. The molecule has 0 atom stereocenters. The zero-order chi connectivity index (χ0) is 7.98. The molecule has 0 N–H and O–H groups in total. The lowest BCUT2D eigenvalue weighted by atomic mass is 9.95. The highest BCUT2D eigenvalue weighted by Gasteiger charge is 2.05. The van der Waals surface area contributed by atoms with E-state index in [0.717, 1.165) is 13.0 Å². The summed E-state index contributed by atoms with van der Waals surface area (Å²) in [5.41, 5.74) is 0. The van der Waals surface area contributed by atoms with Gasteiger partial charge >= 0.3 is 0 Å². The highest BCUT2D eigenvalue weighted by Crippen LogP contribution is 1.90. The van der Waals surface area contributed by atoms with Gasteiger partial charge in [-0.2, -0.15) is 0 Å². The third-order valence-electron chi connectivity index (χ3n) is 1.23. The average Bonchev–Trinajstić information content (AvgIpc) is 1.99. The fourth-order valence-electron chi connectivity index (χ4n) is 0.725. The molecular weight excluding hydrogens is 125 g/mol. The van der Waals surface area contributed by atoms with Gasteiger partial charge in [-0.1, -0.05) is 20.3 Å². The molecule has 0 aromatic carbocycles. The average molecular weight is 138 g/mol. The molecule has 0 aliphatic heterocycles. The Bertz CT molecular complexity index is 125. The van der Waals surface area contributed by atoms with E-state index in [0.29, 0.717) is 0 Å². The molecule has 0 saturated heterocycles. The van der Waals surface area contributed by atoms with Crippen LogP contribution in [0.1, 0.15) is 13.3 Å². The topological polar surface area (TPSA) is 20.3 Å². The third-order valence-corrected chi connectivity index (χ3v) is 1.23. The summed E-state index contributed by atoms with van der Waals surface area (Å²) in [6, 6.07) is 0. The van der Waals surface area contributed by atoms with E-state index in [2.05, 4.69) is 6.58 Å². The maximum absolute atomic E-state index is 10.9. The van der Waals surface area contributed by atoms with Crippen LogP contribution in [0.4, 0.5) is 0 Å². The number of carbonyl (C=O) groups is 1. The second-order valence-electron chi connectivity index (χ2n) is 1.99. The van der Waals surface area contributed by atoms with Gasteiger partial charge in [0.15, 0.2) is 0 Å². The van der Waals surface area contributed by atoms with Gasteiger partial charge in [0.2, 0.25) is 13.3 Å². The second-order valence-corrected chi connectivity index (χ2v) is 1.99. The zero-order valence-corrected chi connectivity index (χ0v) is 6.63. The fourth-order valence-corrected chi connectivity index (χ4v) is 0.725. The molecule has 10 heavy (non-hydrogen) atoms. The van der Waals surface area contributed by atoms with Crippen LogP contribution in [-0.4, -0.2) is 24.7 Å². The lowest BCUT2D eigenvalue weighted by Gasteiger charge is -2.16. The normalized spacial score (nSPS) is 8.60. The van der Waals surface area contributed by atoms with Gasteiger partial charge in [0.05, 0.1) is 0 Å². The van der Waals surface area contributed by atoms with Gasteiger partial charge in [-0.15, -0.1) is 0 Å². The van der Waals surface area contributed by atoms with Gasteiger partial charge in [-0.25, -0.2) is 0 Å². The largest absolute Gasteiger partial charge is 0.388 e. The van der Waals surface area contributed by atoms with Crippen molar-refractivity contribution in [1.82, 2.24) is 4.81 Å². The van der Waals surface area contributed by atoms with Crippen LogP contribution in [0.25, 0.3) is 0 Å². The first kappa shape index (κ1) is 9.27. The Kier molecular flexibility index (Phi) is 4.72. The molecule has 55 valence electrons. The molecule has 1 radical (unpaired) electrons. The Labute approximate surface area is 63.2 Å². The second kappa shape index (κ2) is 5.09. The molecule has 3 heteroatoms. The summed E-state index contributed by atoms with van der Waals surface area (Å²) in [6.45, 7) is 8.06. The molecule has 0 aromatic heterocycles. The number of carbonyl (C=O) groups excluding carboxylic acids is 1. The fraction of sp³-hybridized carbons (Fsp3) is 0.571. The van der Waals surface area contributed by atoms with E-state index >= 15 is 0 Å². The molecule has 0 saturated carbocycles. The van der Waals surface area contributed by atoms with E-state index in [9.17, 15) is 4.79 Å². The Morgan fingerprint density at radius 2 is 2.40 bits per heavy atom. The first-order valence-corrected chi connectivity index (χ1v) is 3.48. The van der Waals surface area contributed by atoms with Crippen molar-refractivity contribution >= 4 is 13.3 Å². The van der Waals surface area contributed by atoms with Crippen LogP contribution in [0.2, 0.25) is 6.82 Å². The summed E-state index contributed by atoms with van der Waals surface area (Å²) in [5, 5.41) is 0. The van der Waals surface area contributed by atoms with Crippen molar-refractivity contribution in [3.05, 3.63) is 12.7 Å². The summed E-state index contributed by atoms with van der Waals surface area (Å²) in [4.78, 5) is 12.6. The third kappa shape index (κ3) is 2.71. The van der Waals surface area contributed by atoms with E-state index < -0.39 is 0 Å². The van der Waals surface area contributed by atoms with Crippen molar-refractivity contribution in [2.45, 2.75) is 20.2 Å². The minimum Gasteiger partial charge on any atom is -0.388 e. The van der Waals surface area contributed by atoms with E-state index in [-0.39, 0.29) is 5.91 Å². The van der Waals surface area contributed by atoms with Gasteiger partial charge in [0, 0.05) is 6.54 Å².